The fraction of sp³-hybridized carbons (Fsp3) is 0.350. The van der Waals surface area contributed by atoms with E-state index in [4.69, 9.17) is 20.1 Å². The summed E-state index contributed by atoms with van der Waals surface area (Å²) >= 11 is 0. The molecule has 0 atom stereocenters. The van der Waals surface area contributed by atoms with Crippen molar-refractivity contribution in [1.29, 1.82) is 0 Å². The van der Waals surface area contributed by atoms with Crippen molar-refractivity contribution >= 4 is 15.8 Å². The summed E-state index contributed by atoms with van der Waals surface area (Å²) in [4.78, 5) is 8.51. The van der Waals surface area contributed by atoms with Crippen LogP contribution >= 0.6 is 0 Å². The van der Waals surface area contributed by atoms with E-state index in [2.05, 4.69) is 22.0 Å². The van der Waals surface area contributed by atoms with Crippen molar-refractivity contribution in [3.63, 3.8) is 0 Å². The van der Waals surface area contributed by atoms with Crippen molar-refractivity contribution in [1.82, 2.24) is 15.1 Å². The maximum atomic E-state index is 11.9. The number of aromatic nitrogens is 3. The summed E-state index contributed by atoms with van der Waals surface area (Å²) in [5.74, 6) is 0.969. The molecule has 30 heavy (non-hydrogen) atoms. The molecule has 1 aliphatic rings. The van der Waals surface area contributed by atoms with Crippen LogP contribution in [0.1, 0.15) is 24.7 Å². The minimum Gasteiger partial charge on any atom is -0.383 e. The Morgan fingerprint density at radius 3 is 2.57 bits per heavy atom. The first-order chi connectivity index (χ1) is 14.1. The molecule has 3 aromatic rings. The number of aryl methyl sites for hydroxylation is 2. The van der Waals surface area contributed by atoms with E-state index in [9.17, 15) is 8.42 Å². The van der Waals surface area contributed by atoms with E-state index < -0.39 is 10.0 Å². The summed E-state index contributed by atoms with van der Waals surface area (Å²) in [6.45, 7) is 5.33. The molecule has 4 rings (SSSR count). The lowest BCUT2D eigenvalue weighted by Gasteiger charge is -2.38. The summed E-state index contributed by atoms with van der Waals surface area (Å²) in [6.07, 6.45) is 3.26. The molecule has 3 heterocycles. The molecule has 9 nitrogen and oxygen atoms in total. The molecular formula is C20H23N5O4S. The third-order valence-corrected chi connectivity index (χ3v) is 6.21. The van der Waals surface area contributed by atoms with Gasteiger partial charge in [0.1, 0.15) is 5.82 Å². The molecule has 158 valence electrons. The average molecular weight is 430 g/mol. The number of pyridine rings is 1. The van der Waals surface area contributed by atoms with E-state index in [1.807, 2.05) is 0 Å². The molecule has 0 aliphatic carbocycles. The number of benzene rings is 1. The number of hydrogen-bond donors (Lipinski definition) is 2. The standard InChI is InChI=1S/C20H23N5O4S/c1-12-24-19(29-25-12)17-7-14(9-23-18(17)21)16-8-15(30(22,26)27)4-3-13(16)5-6-20(2)10-28-11-20/h3-4,7-9H,5-6,10-11H2,1-2H3,(H2,21,23)(H2,22,26,27). The first-order valence-electron chi connectivity index (χ1n) is 9.45. The number of anilines is 1. The summed E-state index contributed by atoms with van der Waals surface area (Å²) in [7, 11) is -3.86. The predicted octanol–water partition coefficient (Wildman–Crippen LogP) is 2.31. The van der Waals surface area contributed by atoms with Crippen molar-refractivity contribution in [3.8, 4) is 22.6 Å². The van der Waals surface area contributed by atoms with Crippen molar-refractivity contribution in [3.05, 3.63) is 41.9 Å². The maximum absolute atomic E-state index is 11.9. The Labute approximate surface area is 174 Å². The van der Waals surface area contributed by atoms with Gasteiger partial charge in [-0.1, -0.05) is 18.1 Å². The molecule has 1 fully saturated rings. The van der Waals surface area contributed by atoms with Gasteiger partial charge in [0, 0.05) is 17.2 Å². The highest BCUT2D eigenvalue weighted by Crippen LogP contribution is 2.36. The zero-order chi connectivity index (χ0) is 21.5. The number of ether oxygens (including phenoxy) is 1. The first kappa shape index (κ1) is 20.5. The van der Waals surface area contributed by atoms with Crippen molar-refractivity contribution in [2.24, 2.45) is 10.6 Å². The van der Waals surface area contributed by atoms with E-state index in [0.29, 0.717) is 17.0 Å². The highest BCUT2D eigenvalue weighted by molar-refractivity contribution is 7.89. The van der Waals surface area contributed by atoms with Gasteiger partial charge in [-0.25, -0.2) is 18.5 Å². The highest BCUT2D eigenvalue weighted by atomic mass is 32.2. The number of sulfonamides is 1. The monoisotopic (exact) mass is 429 g/mol. The van der Waals surface area contributed by atoms with Crippen LogP contribution in [-0.2, 0) is 21.2 Å². The van der Waals surface area contributed by atoms with Gasteiger partial charge >= 0.3 is 0 Å². The van der Waals surface area contributed by atoms with Crippen LogP contribution in [0.3, 0.4) is 0 Å². The fourth-order valence-electron chi connectivity index (χ4n) is 3.45. The molecule has 1 aliphatic heterocycles. The normalized spacial score (nSPS) is 15.7. The third kappa shape index (κ3) is 4.07. The van der Waals surface area contributed by atoms with Crippen LogP contribution in [0.5, 0.6) is 0 Å². The fourth-order valence-corrected chi connectivity index (χ4v) is 3.99. The summed E-state index contributed by atoms with van der Waals surface area (Å²) in [5, 5.41) is 9.16. The SMILES string of the molecule is Cc1noc(-c2cc(-c3cc(S(N)(=O)=O)ccc3CCC3(C)COC3)cnc2N)n1. The largest absolute Gasteiger partial charge is 0.383 e. The van der Waals surface area contributed by atoms with Crippen LogP contribution in [0, 0.1) is 12.3 Å². The summed E-state index contributed by atoms with van der Waals surface area (Å²) in [6, 6.07) is 6.67. The van der Waals surface area contributed by atoms with Gasteiger partial charge in [-0.2, -0.15) is 4.98 Å². The molecule has 0 saturated carbocycles. The number of nitrogen functional groups attached to an aromatic ring is 1. The molecule has 0 bridgehead atoms. The van der Waals surface area contributed by atoms with Gasteiger partial charge in [0.05, 0.1) is 23.7 Å². The lowest BCUT2D eigenvalue weighted by atomic mass is 9.81. The molecule has 0 amide bonds. The van der Waals surface area contributed by atoms with Crippen molar-refractivity contribution < 1.29 is 17.7 Å². The number of rotatable bonds is 6. The van der Waals surface area contributed by atoms with E-state index in [1.165, 1.54) is 6.07 Å². The smallest absolute Gasteiger partial charge is 0.261 e. The second-order valence-electron chi connectivity index (χ2n) is 7.97. The molecule has 1 saturated heterocycles. The van der Waals surface area contributed by atoms with Gasteiger partial charge in [-0.3, -0.25) is 0 Å². The van der Waals surface area contributed by atoms with E-state index >= 15 is 0 Å². The minimum absolute atomic E-state index is 0.0337. The molecule has 4 N–H and O–H groups in total. The van der Waals surface area contributed by atoms with Crippen LogP contribution in [-0.4, -0.2) is 36.8 Å². The Morgan fingerprint density at radius 1 is 1.20 bits per heavy atom. The van der Waals surface area contributed by atoms with E-state index in [0.717, 1.165) is 37.2 Å². The number of hydrogen-bond acceptors (Lipinski definition) is 8. The van der Waals surface area contributed by atoms with Crippen molar-refractivity contribution in [2.45, 2.75) is 31.6 Å². The Kier molecular flexibility index (Phi) is 5.08. The summed E-state index contributed by atoms with van der Waals surface area (Å²) in [5.41, 5.74) is 9.02. The van der Waals surface area contributed by atoms with Crippen LogP contribution in [0.25, 0.3) is 22.6 Å². The lowest BCUT2D eigenvalue weighted by molar-refractivity contribution is -0.105. The van der Waals surface area contributed by atoms with Crippen molar-refractivity contribution in [2.75, 3.05) is 18.9 Å². The topological polar surface area (TPSA) is 147 Å². The van der Waals surface area contributed by atoms with Gasteiger partial charge in [-0.15, -0.1) is 0 Å². The van der Waals surface area contributed by atoms with Crippen LogP contribution in [0.15, 0.2) is 39.9 Å². The Morgan fingerprint density at radius 2 is 1.97 bits per heavy atom. The highest BCUT2D eigenvalue weighted by Gasteiger charge is 2.33. The molecule has 2 aromatic heterocycles. The van der Waals surface area contributed by atoms with E-state index in [-0.39, 0.29) is 22.0 Å². The molecule has 0 unspecified atom stereocenters. The Bertz CT molecular complexity index is 1200. The Balaban J connectivity index is 1.79. The van der Waals surface area contributed by atoms with Gasteiger partial charge in [0.2, 0.25) is 10.0 Å². The lowest BCUT2D eigenvalue weighted by Crippen LogP contribution is -2.39. The molecule has 1 aromatic carbocycles. The quantitative estimate of drug-likeness (QED) is 0.606. The maximum Gasteiger partial charge on any atom is 0.261 e. The first-order valence-corrected chi connectivity index (χ1v) is 11.0. The Hall–Kier alpha value is -2.82. The van der Waals surface area contributed by atoms with Gasteiger partial charge in [0.15, 0.2) is 5.82 Å². The third-order valence-electron chi connectivity index (χ3n) is 5.30. The number of primary sulfonamides is 1. The number of nitrogens with zero attached hydrogens (tertiary/aromatic N) is 3. The van der Waals surface area contributed by atoms with Crippen LogP contribution < -0.4 is 10.9 Å². The molecule has 10 heteroatoms. The second-order valence-corrected chi connectivity index (χ2v) is 9.53. The van der Waals surface area contributed by atoms with Crippen LogP contribution in [0.4, 0.5) is 5.82 Å². The molecule has 0 radical (unpaired) electrons. The van der Waals surface area contributed by atoms with Gasteiger partial charge in [0.25, 0.3) is 5.89 Å². The van der Waals surface area contributed by atoms with Gasteiger partial charge in [-0.05, 0) is 49.1 Å². The minimum atomic E-state index is -3.86. The predicted molar refractivity (Wildman–Crippen MR) is 111 cm³/mol. The van der Waals surface area contributed by atoms with Gasteiger partial charge < -0.3 is 15.0 Å². The average Bonchev–Trinajstić information content (AvgIpc) is 3.10. The summed E-state index contributed by atoms with van der Waals surface area (Å²) < 4.78 is 34.5. The zero-order valence-corrected chi connectivity index (χ0v) is 17.6. The van der Waals surface area contributed by atoms with E-state index in [1.54, 1.807) is 31.3 Å². The van der Waals surface area contributed by atoms with Crippen LogP contribution in [0.2, 0.25) is 0 Å². The number of nitrogens with two attached hydrogens (primary N) is 2. The zero-order valence-electron chi connectivity index (χ0n) is 16.8. The second kappa shape index (κ2) is 7.46. The molecule has 0 spiro atoms. The molecular weight excluding hydrogens is 406 g/mol.